The highest BCUT2D eigenvalue weighted by Crippen LogP contribution is 2.25. The molecule has 0 fully saturated rings. The fourth-order valence-corrected chi connectivity index (χ4v) is 1.65. The van der Waals surface area contributed by atoms with Gasteiger partial charge in [0.15, 0.2) is 0 Å². The lowest BCUT2D eigenvalue weighted by Crippen LogP contribution is -2.29. The van der Waals surface area contributed by atoms with Crippen LogP contribution in [0.3, 0.4) is 0 Å². The lowest BCUT2D eigenvalue weighted by molar-refractivity contribution is 0.304. The molecular weight excluding hydrogens is 228 g/mol. The van der Waals surface area contributed by atoms with Gasteiger partial charge in [0.05, 0.1) is 26.3 Å². The number of nitriles is 1. The minimum Gasteiger partial charge on any atom is -0.497 e. The molecule has 0 radical (unpaired) electrons. The molecule has 0 aliphatic rings. The second-order valence-electron chi connectivity index (χ2n) is 4.21. The number of likely N-dealkylation sites (N-methyl/N-ethyl adjacent to an activating group) is 1. The van der Waals surface area contributed by atoms with Gasteiger partial charge in [-0.05, 0) is 32.0 Å². The van der Waals surface area contributed by atoms with Crippen LogP contribution >= 0.6 is 0 Å². The maximum Gasteiger partial charge on any atom is 0.125 e. The van der Waals surface area contributed by atoms with E-state index in [-0.39, 0.29) is 6.04 Å². The standard InChI is InChI=1S/C14H20N2O2/c1-11(10-15)16(2)8-7-12-5-6-13(17-3)9-14(12)18-4/h5-6,9,11H,7-8H2,1-4H3. The molecule has 0 aliphatic heterocycles. The number of hydrogen-bond donors (Lipinski definition) is 0. The Kier molecular flexibility index (Phi) is 5.47. The van der Waals surface area contributed by atoms with Crippen molar-refractivity contribution in [2.75, 3.05) is 27.8 Å². The molecule has 0 saturated carbocycles. The Morgan fingerprint density at radius 1 is 1.33 bits per heavy atom. The Labute approximate surface area is 109 Å². The van der Waals surface area contributed by atoms with Crippen LogP contribution in [0, 0.1) is 11.3 Å². The van der Waals surface area contributed by atoms with Crippen LogP contribution in [0.1, 0.15) is 12.5 Å². The van der Waals surface area contributed by atoms with Crippen molar-refractivity contribution in [2.45, 2.75) is 19.4 Å². The lowest BCUT2D eigenvalue weighted by atomic mass is 10.1. The smallest absolute Gasteiger partial charge is 0.125 e. The maximum atomic E-state index is 8.84. The van der Waals surface area contributed by atoms with Crippen molar-refractivity contribution in [3.05, 3.63) is 23.8 Å². The van der Waals surface area contributed by atoms with Gasteiger partial charge in [0.1, 0.15) is 11.5 Å². The highest BCUT2D eigenvalue weighted by molar-refractivity contribution is 5.40. The lowest BCUT2D eigenvalue weighted by Gasteiger charge is -2.19. The fourth-order valence-electron chi connectivity index (χ4n) is 1.65. The van der Waals surface area contributed by atoms with Gasteiger partial charge < -0.3 is 9.47 Å². The van der Waals surface area contributed by atoms with Gasteiger partial charge in [0.2, 0.25) is 0 Å². The quantitative estimate of drug-likeness (QED) is 0.773. The Balaban J connectivity index is 2.70. The molecule has 1 atom stereocenters. The van der Waals surface area contributed by atoms with Crippen molar-refractivity contribution in [2.24, 2.45) is 0 Å². The molecular formula is C14H20N2O2. The first kappa shape index (κ1) is 14.3. The summed E-state index contributed by atoms with van der Waals surface area (Å²) in [4.78, 5) is 2.02. The zero-order valence-electron chi connectivity index (χ0n) is 11.4. The molecule has 0 spiro atoms. The summed E-state index contributed by atoms with van der Waals surface area (Å²) in [7, 11) is 5.24. The molecule has 1 unspecified atom stereocenters. The number of ether oxygens (including phenoxy) is 2. The third-order valence-electron chi connectivity index (χ3n) is 3.08. The number of hydrogen-bond acceptors (Lipinski definition) is 4. The van der Waals surface area contributed by atoms with Gasteiger partial charge in [-0.1, -0.05) is 6.07 Å². The van der Waals surface area contributed by atoms with E-state index in [1.807, 2.05) is 37.1 Å². The minimum atomic E-state index is -0.0748. The van der Waals surface area contributed by atoms with Crippen LogP contribution in [0.25, 0.3) is 0 Å². The van der Waals surface area contributed by atoms with E-state index in [4.69, 9.17) is 14.7 Å². The Hall–Kier alpha value is -1.73. The van der Waals surface area contributed by atoms with Crippen molar-refractivity contribution in [3.63, 3.8) is 0 Å². The van der Waals surface area contributed by atoms with Crippen molar-refractivity contribution in [1.82, 2.24) is 4.90 Å². The predicted octanol–water partition coefficient (Wildman–Crippen LogP) is 2.09. The molecule has 4 nitrogen and oxygen atoms in total. The number of nitrogens with zero attached hydrogens (tertiary/aromatic N) is 2. The van der Waals surface area contributed by atoms with E-state index in [1.165, 1.54) is 0 Å². The van der Waals surface area contributed by atoms with E-state index in [1.54, 1.807) is 14.2 Å². The second-order valence-corrected chi connectivity index (χ2v) is 4.21. The van der Waals surface area contributed by atoms with Crippen molar-refractivity contribution >= 4 is 0 Å². The van der Waals surface area contributed by atoms with Gasteiger partial charge >= 0.3 is 0 Å². The molecule has 0 saturated heterocycles. The van der Waals surface area contributed by atoms with E-state index in [0.717, 1.165) is 30.0 Å². The highest BCUT2D eigenvalue weighted by atomic mass is 16.5. The monoisotopic (exact) mass is 248 g/mol. The third kappa shape index (κ3) is 3.64. The Morgan fingerprint density at radius 3 is 2.61 bits per heavy atom. The average molecular weight is 248 g/mol. The first-order chi connectivity index (χ1) is 8.62. The zero-order chi connectivity index (χ0) is 13.5. The average Bonchev–Trinajstić information content (AvgIpc) is 2.43. The van der Waals surface area contributed by atoms with E-state index < -0.39 is 0 Å². The molecule has 1 aromatic carbocycles. The van der Waals surface area contributed by atoms with Gasteiger partial charge in [0.25, 0.3) is 0 Å². The van der Waals surface area contributed by atoms with Crippen LogP contribution in [0.15, 0.2) is 18.2 Å². The SMILES string of the molecule is COc1ccc(CCN(C)C(C)C#N)c(OC)c1. The van der Waals surface area contributed by atoms with Gasteiger partial charge in [-0.15, -0.1) is 0 Å². The topological polar surface area (TPSA) is 45.5 Å². The molecule has 98 valence electrons. The van der Waals surface area contributed by atoms with Crippen molar-refractivity contribution in [3.8, 4) is 17.6 Å². The Morgan fingerprint density at radius 2 is 2.06 bits per heavy atom. The summed E-state index contributed by atoms with van der Waals surface area (Å²) in [5, 5.41) is 8.84. The van der Waals surface area contributed by atoms with Gasteiger partial charge in [0, 0.05) is 12.6 Å². The van der Waals surface area contributed by atoms with Crippen LogP contribution in [-0.2, 0) is 6.42 Å². The minimum absolute atomic E-state index is 0.0748. The summed E-state index contributed by atoms with van der Waals surface area (Å²) >= 11 is 0. The van der Waals surface area contributed by atoms with Crippen molar-refractivity contribution in [1.29, 1.82) is 5.26 Å². The third-order valence-corrected chi connectivity index (χ3v) is 3.08. The van der Waals surface area contributed by atoms with Crippen LogP contribution in [0.4, 0.5) is 0 Å². The predicted molar refractivity (Wildman–Crippen MR) is 71.0 cm³/mol. The first-order valence-corrected chi connectivity index (χ1v) is 5.93. The van der Waals surface area contributed by atoms with Crippen LogP contribution in [0.2, 0.25) is 0 Å². The van der Waals surface area contributed by atoms with Crippen LogP contribution in [0.5, 0.6) is 11.5 Å². The van der Waals surface area contributed by atoms with Gasteiger partial charge in [-0.25, -0.2) is 0 Å². The van der Waals surface area contributed by atoms with Crippen LogP contribution < -0.4 is 9.47 Å². The summed E-state index contributed by atoms with van der Waals surface area (Å²) in [6, 6.07) is 7.95. The molecule has 0 N–H and O–H groups in total. The van der Waals surface area contributed by atoms with Crippen LogP contribution in [-0.4, -0.2) is 38.8 Å². The number of benzene rings is 1. The van der Waals surface area contributed by atoms with Crippen molar-refractivity contribution < 1.29 is 9.47 Å². The second kappa shape index (κ2) is 6.87. The van der Waals surface area contributed by atoms with E-state index >= 15 is 0 Å². The molecule has 0 amide bonds. The molecule has 18 heavy (non-hydrogen) atoms. The summed E-state index contributed by atoms with van der Waals surface area (Å²) in [6.07, 6.45) is 0.843. The van der Waals surface area contributed by atoms with Gasteiger partial charge in [-0.3, -0.25) is 4.90 Å². The summed E-state index contributed by atoms with van der Waals surface area (Å²) < 4.78 is 10.5. The molecule has 0 heterocycles. The van der Waals surface area contributed by atoms with E-state index in [2.05, 4.69) is 6.07 Å². The highest BCUT2D eigenvalue weighted by Gasteiger charge is 2.10. The van der Waals surface area contributed by atoms with Gasteiger partial charge in [-0.2, -0.15) is 5.26 Å². The molecule has 4 heteroatoms. The first-order valence-electron chi connectivity index (χ1n) is 5.93. The normalized spacial score (nSPS) is 12.0. The molecule has 1 rings (SSSR count). The summed E-state index contributed by atoms with van der Waals surface area (Å²) in [5.74, 6) is 1.61. The molecule has 0 aromatic heterocycles. The number of rotatable bonds is 6. The summed E-state index contributed by atoms with van der Waals surface area (Å²) in [5.41, 5.74) is 1.12. The fraction of sp³-hybridized carbons (Fsp3) is 0.500. The maximum absolute atomic E-state index is 8.84. The Bertz CT molecular complexity index is 426. The summed E-state index contributed by atoms with van der Waals surface area (Å²) in [6.45, 7) is 2.71. The molecule has 0 bridgehead atoms. The van der Waals surface area contributed by atoms with E-state index in [0.29, 0.717) is 0 Å². The molecule has 0 aliphatic carbocycles. The largest absolute Gasteiger partial charge is 0.497 e. The number of methoxy groups -OCH3 is 2. The molecule has 1 aromatic rings. The zero-order valence-corrected chi connectivity index (χ0v) is 11.4. The van der Waals surface area contributed by atoms with E-state index in [9.17, 15) is 0 Å².